The van der Waals surface area contributed by atoms with Crippen LogP contribution in [0, 0.1) is 45.8 Å². The summed E-state index contributed by atoms with van der Waals surface area (Å²) in [5.74, 6) is 1.56. The Hall–Kier alpha value is -1.89. The van der Waals surface area contributed by atoms with Gasteiger partial charge < -0.3 is 4.74 Å². The lowest BCUT2D eigenvalue weighted by molar-refractivity contribution is -0.154. The molecule has 0 amide bonds. The maximum absolute atomic E-state index is 12.5. The van der Waals surface area contributed by atoms with E-state index in [-0.39, 0.29) is 35.1 Å². The van der Waals surface area contributed by atoms with Crippen molar-refractivity contribution >= 4 is 11.8 Å². The minimum Gasteiger partial charge on any atom is -0.450 e. The number of ketones is 1. The van der Waals surface area contributed by atoms with E-state index in [0.717, 1.165) is 38.5 Å². The fourth-order valence-electron chi connectivity index (χ4n) is 6.79. The summed E-state index contributed by atoms with van der Waals surface area (Å²) in [4.78, 5) is 24.3. The number of carbonyl (C=O) groups excluding carboxylic acids is 2. The van der Waals surface area contributed by atoms with E-state index in [1.165, 1.54) is 5.57 Å². The van der Waals surface area contributed by atoms with Crippen LogP contribution in [-0.2, 0) is 14.3 Å². The van der Waals surface area contributed by atoms with Gasteiger partial charge >= 0.3 is 5.97 Å². The maximum Gasteiger partial charge on any atom is 0.310 e. The number of nitriles is 1. The molecule has 0 bridgehead atoms. The third kappa shape index (κ3) is 2.40. The van der Waals surface area contributed by atoms with Gasteiger partial charge in [0, 0.05) is 5.41 Å². The van der Waals surface area contributed by atoms with Crippen LogP contribution in [0.5, 0.6) is 0 Å². The van der Waals surface area contributed by atoms with Crippen LogP contribution in [0.1, 0.15) is 52.4 Å². The molecule has 3 fully saturated rings. The van der Waals surface area contributed by atoms with Crippen LogP contribution < -0.4 is 0 Å². The van der Waals surface area contributed by atoms with Crippen molar-refractivity contribution in [3.63, 3.8) is 0 Å². The molecule has 6 atom stereocenters. The summed E-state index contributed by atoms with van der Waals surface area (Å²) < 4.78 is 5.19. The van der Waals surface area contributed by atoms with Crippen LogP contribution >= 0.6 is 0 Å². The van der Waals surface area contributed by atoms with Gasteiger partial charge in [0.1, 0.15) is 6.07 Å². The predicted molar refractivity (Wildman–Crippen MR) is 96.7 cm³/mol. The van der Waals surface area contributed by atoms with E-state index in [2.05, 4.69) is 19.9 Å². The maximum atomic E-state index is 12.5. The van der Waals surface area contributed by atoms with Gasteiger partial charge in [0.2, 0.25) is 0 Å². The van der Waals surface area contributed by atoms with Crippen LogP contribution in [0.15, 0.2) is 23.8 Å². The van der Waals surface area contributed by atoms with E-state index in [4.69, 9.17) is 10.00 Å². The van der Waals surface area contributed by atoms with E-state index in [1.807, 2.05) is 12.1 Å². The molecule has 138 valence electrons. The van der Waals surface area contributed by atoms with Crippen LogP contribution in [0.3, 0.4) is 0 Å². The largest absolute Gasteiger partial charge is 0.450 e. The van der Waals surface area contributed by atoms with Crippen LogP contribution in [0.4, 0.5) is 0 Å². The fourth-order valence-corrected chi connectivity index (χ4v) is 6.79. The average Bonchev–Trinajstić information content (AvgIpc) is 2.97. The van der Waals surface area contributed by atoms with Crippen molar-refractivity contribution in [1.82, 2.24) is 0 Å². The van der Waals surface area contributed by atoms with Crippen LogP contribution in [0.25, 0.3) is 0 Å². The highest BCUT2D eigenvalue weighted by atomic mass is 16.5. The minimum atomic E-state index is -0.180. The first-order valence-corrected chi connectivity index (χ1v) is 9.88. The van der Waals surface area contributed by atoms with Crippen molar-refractivity contribution in [2.75, 3.05) is 6.61 Å². The summed E-state index contributed by atoms with van der Waals surface area (Å²) in [5, 5.41) is 8.70. The molecule has 4 heteroatoms. The third-order valence-corrected chi connectivity index (χ3v) is 8.12. The van der Waals surface area contributed by atoms with Gasteiger partial charge in [-0.15, -0.1) is 0 Å². The molecule has 26 heavy (non-hydrogen) atoms. The van der Waals surface area contributed by atoms with Gasteiger partial charge in [-0.1, -0.05) is 25.5 Å². The summed E-state index contributed by atoms with van der Waals surface area (Å²) in [7, 11) is 0. The molecule has 0 saturated heterocycles. The Morgan fingerprint density at radius 3 is 2.85 bits per heavy atom. The second-order valence-electron chi connectivity index (χ2n) is 9.04. The first-order valence-electron chi connectivity index (χ1n) is 9.88. The highest BCUT2D eigenvalue weighted by molar-refractivity contribution is 6.01. The number of rotatable bonds is 2. The molecule has 0 aromatic heterocycles. The Morgan fingerprint density at radius 2 is 2.08 bits per heavy atom. The molecule has 0 unspecified atom stereocenters. The number of esters is 1. The van der Waals surface area contributed by atoms with Crippen molar-refractivity contribution in [2.24, 2.45) is 34.5 Å². The molecule has 0 radical (unpaired) electrons. The number of nitrogens with zero attached hydrogens (tertiary/aromatic N) is 1. The van der Waals surface area contributed by atoms with Crippen LogP contribution in [-0.4, -0.2) is 18.4 Å². The topological polar surface area (TPSA) is 67.2 Å². The SMILES string of the molecule is C[C@]12CC[C@H]3[C@@H](CCC4=CC(=O)C=C[C@@]43C)[C@@H]1CC[C@@H]2C(=O)OCC#N. The first kappa shape index (κ1) is 17.5. The van der Waals surface area contributed by atoms with Gasteiger partial charge in [0.05, 0.1) is 5.92 Å². The molecule has 3 saturated carbocycles. The van der Waals surface area contributed by atoms with Gasteiger partial charge in [0.15, 0.2) is 12.4 Å². The Bertz CT molecular complexity index is 745. The summed E-state index contributed by atoms with van der Waals surface area (Å²) in [6.07, 6.45) is 11.9. The van der Waals surface area contributed by atoms with Gasteiger partial charge in [-0.2, -0.15) is 5.26 Å². The number of allylic oxidation sites excluding steroid dienone is 4. The lowest BCUT2D eigenvalue weighted by atomic mass is 9.48. The lowest BCUT2D eigenvalue weighted by Gasteiger charge is -2.56. The second kappa shape index (κ2) is 6.08. The molecule has 0 spiro atoms. The normalized spacial score (nSPS) is 43.6. The molecule has 4 nitrogen and oxygen atoms in total. The van der Waals surface area contributed by atoms with Crippen molar-refractivity contribution in [3.05, 3.63) is 23.8 Å². The van der Waals surface area contributed by atoms with E-state index >= 15 is 0 Å². The van der Waals surface area contributed by atoms with E-state index in [0.29, 0.717) is 17.8 Å². The number of hydrogen-bond donors (Lipinski definition) is 0. The molecule has 4 rings (SSSR count). The molecule has 0 aromatic carbocycles. The number of ether oxygens (including phenoxy) is 1. The highest BCUT2D eigenvalue weighted by Crippen LogP contribution is 2.66. The van der Waals surface area contributed by atoms with Crippen molar-refractivity contribution < 1.29 is 14.3 Å². The quantitative estimate of drug-likeness (QED) is 0.704. The Kier molecular flexibility index (Phi) is 4.10. The molecule has 0 aromatic rings. The van der Waals surface area contributed by atoms with Crippen molar-refractivity contribution in [3.8, 4) is 6.07 Å². The zero-order valence-corrected chi connectivity index (χ0v) is 15.7. The zero-order chi connectivity index (χ0) is 18.5. The Balaban J connectivity index is 1.59. The summed E-state index contributed by atoms with van der Waals surface area (Å²) in [5.41, 5.74) is 1.29. The molecule has 0 heterocycles. The molecule has 4 aliphatic carbocycles. The average molecular weight is 353 g/mol. The first-order chi connectivity index (χ1) is 12.4. The van der Waals surface area contributed by atoms with Gasteiger partial charge in [0.25, 0.3) is 0 Å². The monoisotopic (exact) mass is 353 g/mol. The summed E-state index contributed by atoms with van der Waals surface area (Å²) in [6.45, 7) is 4.43. The van der Waals surface area contributed by atoms with Crippen molar-refractivity contribution in [1.29, 1.82) is 5.26 Å². The predicted octanol–water partition coefficient (Wildman–Crippen LogP) is 3.98. The number of fused-ring (bicyclic) bond motifs is 5. The zero-order valence-electron chi connectivity index (χ0n) is 15.7. The van der Waals surface area contributed by atoms with Crippen LogP contribution in [0.2, 0.25) is 0 Å². The number of carbonyl (C=O) groups is 2. The molecule has 0 aliphatic heterocycles. The molecular formula is C22H27NO3. The molecule has 4 aliphatic rings. The highest BCUT2D eigenvalue weighted by Gasteiger charge is 2.60. The third-order valence-electron chi connectivity index (χ3n) is 8.12. The summed E-state index contributed by atoms with van der Waals surface area (Å²) >= 11 is 0. The molecule has 0 N–H and O–H groups in total. The Labute approximate surface area is 155 Å². The lowest BCUT2D eigenvalue weighted by Crippen LogP contribution is -2.50. The second-order valence-corrected chi connectivity index (χ2v) is 9.04. The Morgan fingerprint density at radius 1 is 1.27 bits per heavy atom. The smallest absolute Gasteiger partial charge is 0.310 e. The molecular weight excluding hydrogens is 326 g/mol. The van der Waals surface area contributed by atoms with E-state index in [9.17, 15) is 9.59 Å². The van der Waals surface area contributed by atoms with E-state index < -0.39 is 0 Å². The number of hydrogen-bond acceptors (Lipinski definition) is 4. The van der Waals surface area contributed by atoms with Gasteiger partial charge in [-0.3, -0.25) is 9.59 Å². The van der Waals surface area contributed by atoms with Gasteiger partial charge in [-0.05, 0) is 73.8 Å². The minimum absolute atomic E-state index is 0.00242. The summed E-state index contributed by atoms with van der Waals surface area (Å²) in [6, 6.07) is 1.91. The standard InChI is InChI=1S/C22H27NO3/c1-21-9-7-15(24)13-14(21)3-4-16-17-5-6-19(20(25)26-12-11-23)22(17,2)10-8-18(16)21/h7,9,13,16-19H,3-6,8,10,12H2,1-2H3/t16-,17-,18-,19+,21-,22-/m0/s1. The van der Waals surface area contributed by atoms with E-state index in [1.54, 1.807) is 6.08 Å². The van der Waals surface area contributed by atoms with Gasteiger partial charge in [-0.25, -0.2) is 0 Å². The fraction of sp³-hybridized carbons (Fsp3) is 0.682. The van der Waals surface area contributed by atoms with Crippen molar-refractivity contribution in [2.45, 2.75) is 52.4 Å².